The van der Waals surface area contributed by atoms with E-state index in [1.165, 1.54) is 26.1 Å². The predicted octanol–water partition coefficient (Wildman–Crippen LogP) is 5.48. The molecule has 2 bridgehead atoms. The van der Waals surface area contributed by atoms with Crippen molar-refractivity contribution >= 4 is 22.0 Å². The number of ether oxygens (including phenoxy) is 1. The van der Waals surface area contributed by atoms with Crippen molar-refractivity contribution < 1.29 is 31.5 Å². The van der Waals surface area contributed by atoms with Gasteiger partial charge in [0.05, 0.1) is 11.5 Å². The highest BCUT2D eigenvalue weighted by molar-refractivity contribution is 7.87. The van der Waals surface area contributed by atoms with Gasteiger partial charge in [0.15, 0.2) is 0 Å². The fourth-order valence-corrected chi connectivity index (χ4v) is 10.7. The smallest absolute Gasteiger partial charge is 0.387 e. The highest BCUT2D eigenvalue weighted by Gasteiger charge is 2.67. The maximum atomic E-state index is 15.0. The number of carbonyl (C=O) groups excluding carboxylic acids is 2. The second kappa shape index (κ2) is 11.9. The van der Waals surface area contributed by atoms with Crippen LogP contribution in [-0.2, 0) is 24.5 Å². The Balaban J connectivity index is 1.24. The van der Waals surface area contributed by atoms with E-state index >= 15 is 4.79 Å². The van der Waals surface area contributed by atoms with E-state index in [4.69, 9.17) is 4.74 Å². The van der Waals surface area contributed by atoms with Crippen molar-refractivity contribution in [2.24, 2.45) is 23.2 Å². The van der Waals surface area contributed by atoms with Gasteiger partial charge in [-0.3, -0.25) is 9.59 Å². The summed E-state index contributed by atoms with van der Waals surface area (Å²) in [5.74, 6) is 0.345. The van der Waals surface area contributed by atoms with E-state index in [1.54, 1.807) is 18.2 Å². The molecule has 2 saturated carbocycles. The fraction of sp³-hybridized carbons (Fsp3) is 0.622. The van der Waals surface area contributed by atoms with Gasteiger partial charge in [-0.2, -0.15) is 21.5 Å². The lowest BCUT2D eigenvalue weighted by atomic mass is 9.78. The number of rotatable bonds is 7. The van der Waals surface area contributed by atoms with Gasteiger partial charge in [0.25, 0.3) is 5.91 Å². The van der Waals surface area contributed by atoms with Crippen LogP contribution < -0.4 is 4.72 Å². The van der Waals surface area contributed by atoms with Crippen LogP contribution in [0, 0.1) is 23.2 Å². The molecule has 5 atom stereocenters. The van der Waals surface area contributed by atoms with Crippen LogP contribution in [-0.4, -0.2) is 79.7 Å². The molecule has 0 aromatic carbocycles. The third-order valence-corrected chi connectivity index (χ3v) is 13.9. The second-order valence-electron chi connectivity index (χ2n) is 15.7. The monoisotopic (exact) mass is 696 g/mol. The summed E-state index contributed by atoms with van der Waals surface area (Å²) >= 11 is 0. The molecule has 4 heterocycles. The molecule has 8 aliphatic rings. The van der Waals surface area contributed by atoms with Crippen LogP contribution in [0.2, 0.25) is 0 Å². The van der Waals surface area contributed by atoms with Gasteiger partial charge in [0.1, 0.15) is 5.76 Å². The summed E-state index contributed by atoms with van der Waals surface area (Å²) in [7, 11) is -1.28. The van der Waals surface area contributed by atoms with Crippen LogP contribution >= 0.6 is 0 Å². The van der Waals surface area contributed by atoms with E-state index in [1.807, 2.05) is 12.2 Å². The zero-order chi connectivity index (χ0) is 34.4. The number of piperidine rings is 1. The summed E-state index contributed by atoms with van der Waals surface area (Å²) in [6.07, 6.45) is 19.5. The van der Waals surface area contributed by atoms with Gasteiger partial charge >= 0.3 is 16.8 Å². The number of halogens is 2. The van der Waals surface area contributed by atoms with Crippen molar-refractivity contribution in [2.75, 3.05) is 20.6 Å². The van der Waals surface area contributed by atoms with Crippen LogP contribution in [0.3, 0.4) is 0 Å². The van der Waals surface area contributed by atoms with Crippen LogP contribution in [0.1, 0.15) is 77.6 Å². The molecule has 1 N–H and O–H groups in total. The second-order valence-corrected chi connectivity index (χ2v) is 17.5. The van der Waals surface area contributed by atoms with Crippen LogP contribution in [0.4, 0.5) is 8.78 Å². The third-order valence-electron chi connectivity index (χ3n) is 12.5. The molecular weight excluding hydrogens is 650 g/mol. The predicted molar refractivity (Wildman–Crippen MR) is 180 cm³/mol. The minimum Gasteiger partial charge on any atom is -0.435 e. The molecule has 8 rings (SSSR count). The molecule has 0 aromatic rings. The molecule has 4 aliphatic heterocycles. The number of nitrogens with zero attached hydrogens (tertiary/aromatic N) is 3. The number of amides is 2. The number of allylic oxidation sites excluding steroid dienone is 5. The lowest BCUT2D eigenvalue weighted by Gasteiger charge is -2.41. The Morgan fingerprint density at radius 2 is 1.78 bits per heavy atom. The van der Waals surface area contributed by atoms with Gasteiger partial charge in [0, 0.05) is 49.9 Å². The molecule has 4 aliphatic carbocycles. The Hall–Kier alpha value is -3.25. The number of carbonyl (C=O) groups is 2. The van der Waals surface area contributed by atoms with Crippen LogP contribution in [0.5, 0.6) is 0 Å². The van der Waals surface area contributed by atoms with E-state index in [2.05, 4.69) is 21.4 Å². The molecule has 5 unspecified atom stereocenters. The zero-order valence-corrected chi connectivity index (χ0v) is 29.3. The molecule has 0 spiro atoms. The standard InChI is InChI=1S/C37H46F2N4O5S/c1-21-15-24-10-11-25(16-21)43(24)35(45)37-19-30(37)29-18-26(48-36(38)39)12-14-27(29)33-32(22-7-5-4-6-8-22)28-13-9-23(17-31(28)42(33)20-37)34(44)40-49(46,47)41(2)3/h9,12-13,17-18,21-22,24-25,30-31,36H,4-8,10-11,14-16,19-20H2,1-3H3,(H,40,44). The Morgan fingerprint density at radius 3 is 2.45 bits per heavy atom. The van der Waals surface area contributed by atoms with Gasteiger partial charge < -0.3 is 14.5 Å². The Labute approximate surface area is 287 Å². The van der Waals surface area contributed by atoms with E-state index in [0.29, 0.717) is 25.3 Å². The van der Waals surface area contributed by atoms with Crippen molar-refractivity contribution in [1.82, 2.24) is 18.8 Å². The number of alkyl halides is 2. The highest BCUT2D eigenvalue weighted by Crippen LogP contribution is 2.66. The molecule has 12 heteroatoms. The number of fused-ring (bicyclic) bond motifs is 8. The van der Waals surface area contributed by atoms with Gasteiger partial charge in [-0.05, 0) is 110 Å². The van der Waals surface area contributed by atoms with Gasteiger partial charge in [-0.25, -0.2) is 4.72 Å². The molecule has 0 radical (unpaired) electrons. The Bertz CT molecular complexity index is 1760. The minimum absolute atomic E-state index is 0.121. The summed E-state index contributed by atoms with van der Waals surface area (Å²) in [4.78, 5) is 32.9. The summed E-state index contributed by atoms with van der Waals surface area (Å²) in [6.45, 7) is -0.224. The minimum atomic E-state index is -4.01. The van der Waals surface area contributed by atoms with Gasteiger partial charge in [-0.15, -0.1) is 0 Å². The first-order valence-electron chi connectivity index (χ1n) is 18.0. The third kappa shape index (κ3) is 5.43. The maximum absolute atomic E-state index is 15.0. The van der Waals surface area contributed by atoms with E-state index in [-0.39, 0.29) is 47.2 Å². The first-order chi connectivity index (χ1) is 23.4. The lowest BCUT2D eigenvalue weighted by molar-refractivity contribution is -0.143. The fourth-order valence-electron chi connectivity index (χ4n) is 10.2. The van der Waals surface area contributed by atoms with Crippen LogP contribution in [0.25, 0.3) is 0 Å². The van der Waals surface area contributed by atoms with E-state index < -0.39 is 28.1 Å². The molecule has 2 saturated heterocycles. The highest BCUT2D eigenvalue weighted by atomic mass is 32.2. The summed E-state index contributed by atoms with van der Waals surface area (Å²) in [5.41, 5.74) is 4.86. The van der Waals surface area contributed by atoms with Crippen molar-refractivity contribution in [3.8, 4) is 0 Å². The molecule has 2 amide bonds. The molecule has 0 aromatic heterocycles. The van der Waals surface area contributed by atoms with Gasteiger partial charge in [0.2, 0.25) is 5.91 Å². The topological polar surface area (TPSA) is 99.3 Å². The Morgan fingerprint density at radius 1 is 1.06 bits per heavy atom. The Kier molecular flexibility index (Phi) is 8.01. The molecule has 264 valence electrons. The van der Waals surface area contributed by atoms with Gasteiger partial charge in [-0.1, -0.05) is 32.3 Å². The molecule has 4 fully saturated rings. The quantitative estimate of drug-likeness (QED) is 0.379. The zero-order valence-electron chi connectivity index (χ0n) is 28.5. The average molecular weight is 697 g/mol. The largest absolute Gasteiger partial charge is 0.435 e. The van der Waals surface area contributed by atoms with Crippen molar-refractivity contribution in [3.05, 3.63) is 69.7 Å². The first-order valence-corrected chi connectivity index (χ1v) is 19.4. The molecular formula is C37H46F2N4O5S. The summed E-state index contributed by atoms with van der Waals surface area (Å²) < 4.78 is 60.3. The van der Waals surface area contributed by atoms with Crippen LogP contribution in [0.15, 0.2) is 69.7 Å². The first kappa shape index (κ1) is 32.9. The van der Waals surface area contributed by atoms with E-state index in [0.717, 1.165) is 78.1 Å². The summed E-state index contributed by atoms with van der Waals surface area (Å²) in [5, 5.41) is 0. The lowest BCUT2D eigenvalue weighted by Crippen LogP contribution is -2.52. The molecule has 9 nitrogen and oxygen atoms in total. The SMILES string of the molecule is CC1CC2CCC(C1)N2C(=O)C12CC1C1=CC(OC(F)F)=CCC1=C1C(C3CCCCC3)=C3C=CC(C(=O)NS(=O)(=O)N(C)C)=CC3N1C2. The number of hydrogen-bond donors (Lipinski definition) is 1. The molecule has 49 heavy (non-hydrogen) atoms. The maximum Gasteiger partial charge on any atom is 0.387 e. The van der Waals surface area contributed by atoms with Crippen molar-refractivity contribution in [2.45, 2.75) is 102 Å². The van der Waals surface area contributed by atoms with E-state index in [9.17, 15) is 22.0 Å². The van der Waals surface area contributed by atoms with Crippen molar-refractivity contribution in [3.63, 3.8) is 0 Å². The number of nitrogens with one attached hydrogen (secondary N) is 1. The summed E-state index contributed by atoms with van der Waals surface area (Å²) in [6, 6.07) is 0.0845. The number of hydrogen-bond acceptors (Lipinski definition) is 6. The van der Waals surface area contributed by atoms with Crippen molar-refractivity contribution in [1.29, 1.82) is 0 Å². The normalized spacial score (nSPS) is 33.8. The average Bonchev–Trinajstić information content (AvgIpc) is 3.64.